The first-order valence-corrected chi connectivity index (χ1v) is 6.08. The Kier molecular flexibility index (Phi) is 6.14. The monoisotopic (exact) mass is 251 g/mol. The molecular formula is C13H21N3O2. The highest BCUT2D eigenvalue weighted by molar-refractivity contribution is 5.81. The van der Waals surface area contributed by atoms with Gasteiger partial charge in [0.1, 0.15) is 5.75 Å². The van der Waals surface area contributed by atoms with Crippen molar-refractivity contribution in [3.05, 3.63) is 24.5 Å². The van der Waals surface area contributed by atoms with Crippen molar-refractivity contribution in [3.63, 3.8) is 0 Å². The number of carbonyl (C=O) groups is 1. The van der Waals surface area contributed by atoms with Gasteiger partial charge in [0.05, 0.1) is 18.8 Å². The molecule has 0 saturated carbocycles. The van der Waals surface area contributed by atoms with E-state index in [1.165, 1.54) is 0 Å². The summed E-state index contributed by atoms with van der Waals surface area (Å²) in [6, 6.07) is 3.58. The van der Waals surface area contributed by atoms with E-state index >= 15 is 0 Å². The minimum absolute atomic E-state index is 0.0429. The highest BCUT2D eigenvalue weighted by Crippen LogP contribution is 2.05. The summed E-state index contributed by atoms with van der Waals surface area (Å²) >= 11 is 0. The van der Waals surface area contributed by atoms with Gasteiger partial charge in [-0.25, -0.2) is 0 Å². The topological polar surface area (TPSA) is 54.5 Å². The Bertz CT molecular complexity index is 355. The van der Waals surface area contributed by atoms with Gasteiger partial charge in [-0.1, -0.05) is 0 Å². The number of hydrogen-bond acceptors (Lipinski definition) is 4. The summed E-state index contributed by atoms with van der Waals surface area (Å²) in [6.07, 6.45) is 4.16. The molecule has 1 atom stereocenters. The van der Waals surface area contributed by atoms with Gasteiger partial charge in [0.25, 0.3) is 0 Å². The van der Waals surface area contributed by atoms with Crippen molar-refractivity contribution in [2.45, 2.75) is 19.4 Å². The van der Waals surface area contributed by atoms with Crippen LogP contribution in [0.4, 0.5) is 0 Å². The van der Waals surface area contributed by atoms with Crippen molar-refractivity contribution in [2.24, 2.45) is 0 Å². The van der Waals surface area contributed by atoms with Crippen molar-refractivity contribution in [2.75, 3.05) is 27.2 Å². The Morgan fingerprint density at radius 1 is 1.56 bits per heavy atom. The van der Waals surface area contributed by atoms with Gasteiger partial charge in [-0.15, -0.1) is 0 Å². The molecule has 0 spiro atoms. The van der Waals surface area contributed by atoms with E-state index in [0.29, 0.717) is 13.2 Å². The van der Waals surface area contributed by atoms with Gasteiger partial charge < -0.3 is 10.1 Å². The fourth-order valence-corrected chi connectivity index (χ4v) is 1.29. The molecule has 1 unspecified atom stereocenters. The van der Waals surface area contributed by atoms with Crippen LogP contribution in [0.2, 0.25) is 0 Å². The number of pyridine rings is 1. The van der Waals surface area contributed by atoms with Crippen LogP contribution in [0.1, 0.15) is 13.3 Å². The second-order valence-corrected chi connectivity index (χ2v) is 4.32. The van der Waals surface area contributed by atoms with Crippen LogP contribution in [-0.2, 0) is 4.79 Å². The molecule has 0 fully saturated rings. The highest BCUT2D eigenvalue weighted by atomic mass is 16.5. The number of hydrogen-bond donors (Lipinski definition) is 1. The Labute approximate surface area is 108 Å². The van der Waals surface area contributed by atoms with Crippen LogP contribution < -0.4 is 10.1 Å². The first kappa shape index (κ1) is 14.4. The predicted octanol–water partition coefficient (Wildman–Crippen LogP) is 0.917. The van der Waals surface area contributed by atoms with Crippen LogP contribution in [0.25, 0.3) is 0 Å². The van der Waals surface area contributed by atoms with Gasteiger partial charge >= 0.3 is 0 Å². The van der Waals surface area contributed by atoms with E-state index in [2.05, 4.69) is 10.3 Å². The van der Waals surface area contributed by atoms with Gasteiger partial charge in [-0.2, -0.15) is 0 Å². The molecule has 0 aliphatic rings. The molecule has 100 valence electrons. The lowest BCUT2D eigenvalue weighted by Crippen LogP contribution is -2.41. The van der Waals surface area contributed by atoms with E-state index in [1.807, 2.05) is 38.1 Å². The fourth-order valence-electron chi connectivity index (χ4n) is 1.29. The number of carbonyl (C=O) groups excluding carboxylic acids is 1. The molecule has 1 rings (SSSR count). The molecule has 1 N–H and O–H groups in total. The van der Waals surface area contributed by atoms with E-state index in [1.54, 1.807) is 12.4 Å². The molecule has 1 heterocycles. The van der Waals surface area contributed by atoms with E-state index in [0.717, 1.165) is 12.2 Å². The third-order valence-corrected chi connectivity index (χ3v) is 2.68. The standard InChI is InChI=1S/C13H21N3O2/c1-11(16(2)3)13(17)15-8-5-9-18-12-6-4-7-14-10-12/h4,6-7,10-11H,5,8-9H2,1-3H3,(H,15,17). The molecule has 0 aliphatic heterocycles. The van der Waals surface area contributed by atoms with Gasteiger partial charge in [-0.05, 0) is 39.6 Å². The summed E-state index contributed by atoms with van der Waals surface area (Å²) < 4.78 is 5.47. The largest absolute Gasteiger partial charge is 0.492 e. The van der Waals surface area contributed by atoms with Gasteiger partial charge in [-0.3, -0.25) is 14.7 Å². The lowest BCUT2D eigenvalue weighted by atomic mass is 10.3. The number of nitrogens with one attached hydrogen (secondary N) is 1. The molecule has 5 nitrogen and oxygen atoms in total. The smallest absolute Gasteiger partial charge is 0.237 e. The Morgan fingerprint density at radius 3 is 2.94 bits per heavy atom. The minimum Gasteiger partial charge on any atom is -0.492 e. The van der Waals surface area contributed by atoms with Gasteiger partial charge in [0, 0.05) is 12.7 Å². The summed E-state index contributed by atoms with van der Waals surface area (Å²) in [7, 11) is 3.77. The molecule has 1 amide bonds. The summed E-state index contributed by atoms with van der Waals surface area (Å²) in [5.41, 5.74) is 0. The van der Waals surface area contributed by atoms with Crippen molar-refractivity contribution in [3.8, 4) is 5.75 Å². The normalized spacial score (nSPS) is 12.2. The Hall–Kier alpha value is -1.62. The van der Waals surface area contributed by atoms with Crippen LogP contribution >= 0.6 is 0 Å². The number of amides is 1. The number of aromatic nitrogens is 1. The summed E-state index contributed by atoms with van der Waals surface area (Å²) in [6.45, 7) is 3.07. The van der Waals surface area contributed by atoms with Crippen LogP contribution in [0.3, 0.4) is 0 Å². The third kappa shape index (κ3) is 5.14. The first-order chi connectivity index (χ1) is 8.61. The van der Waals surface area contributed by atoms with Crippen LogP contribution in [0.5, 0.6) is 5.75 Å². The molecular weight excluding hydrogens is 230 g/mol. The second kappa shape index (κ2) is 7.66. The Morgan fingerprint density at radius 2 is 2.33 bits per heavy atom. The minimum atomic E-state index is -0.107. The zero-order valence-corrected chi connectivity index (χ0v) is 11.2. The number of likely N-dealkylation sites (N-methyl/N-ethyl adjacent to an activating group) is 1. The SMILES string of the molecule is CC(C(=O)NCCCOc1cccnc1)N(C)C. The van der Waals surface area contributed by atoms with Crippen molar-refractivity contribution in [1.82, 2.24) is 15.2 Å². The molecule has 5 heteroatoms. The Balaban J connectivity index is 2.11. The zero-order valence-electron chi connectivity index (χ0n) is 11.2. The maximum Gasteiger partial charge on any atom is 0.237 e. The molecule has 0 saturated heterocycles. The molecule has 0 bridgehead atoms. The lowest BCUT2D eigenvalue weighted by Gasteiger charge is -2.18. The number of nitrogens with zero attached hydrogens (tertiary/aromatic N) is 2. The third-order valence-electron chi connectivity index (χ3n) is 2.68. The molecule has 0 aromatic carbocycles. The zero-order chi connectivity index (χ0) is 13.4. The van der Waals surface area contributed by atoms with E-state index < -0.39 is 0 Å². The van der Waals surface area contributed by atoms with Crippen molar-refractivity contribution >= 4 is 5.91 Å². The van der Waals surface area contributed by atoms with E-state index in [9.17, 15) is 4.79 Å². The van der Waals surface area contributed by atoms with Crippen molar-refractivity contribution < 1.29 is 9.53 Å². The second-order valence-electron chi connectivity index (χ2n) is 4.32. The molecule has 1 aromatic rings. The van der Waals surface area contributed by atoms with Crippen molar-refractivity contribution in [1.29, 1.82) is 0 Å². The van der Waals surface area contributed by atoms with E-state index in [4.69, 9.17) is 4.74 Å². The first-order valence-electron chi connectivity index (χ1n) is 6.08. The highest BCUT2D eigenvalue weighted by Gasteiger charge is 2.13. The molecule has 0 aliphatic carbocycles. The molecule has 0 radical (unpaired) electrons. The number of ether oxygens (including phenoxy) is 1. The predicted molar refractivity (Wildman–Crippen MR) is 70.5 cm³/mol. The number of rotatable bonds is 7. The average molecular weight is 251 g/mol. The summed E-state index contributed by atoms with van der Waals surface area (Å²) in [5, 5.41) is 2.87. The maximum absolute atomic E-state index is 11.6. The average Bonchev–Trinajstić information content (AvgIpc) is 2.38. The van der Waals surface area contributed by atoms with Crippen LogP contribution in [0.15, 0.2) is 24.5 Å². The summed E-state index contributed by atoms with van der Waals surface area (Å²) in [4.78, 5) is 17.4. The van der Waals surface area contributed by atoms with Gasteiger partial charge in [0.15, 0.2) is 0 Å². The maximum atomic E-state index is 11.6. The van der Waals surface area contributed by atoms with E-state index in [-0.39, 0.29) is 11.9 Å². The van der Waals surface area contributed by atoms with Crippen LogP contribution in [0, 0.1) is 0 Å². The molecule has 18 heavy (non-hydrogen) atoms. The molecule has 1 aromatic heterocycles. The van der Waals surface area contributed by atoms with Gasteiger partial charge in [0.2, 0.25) is 5.91 Å². The van der Waals surface area contributed by atoms with Crippen LogP contribution in [-0.4, -0.2) is 49.1 Å². The quantitative estimate of drug-likeness (QED) is 0.732. The lowest BCUT2D eigenvalue weighted by molar-refractivity contribution is -0.125. The fraction of sp³-hybridized carbons (Fsp3) is 0.538. The summed E-state index contributed by atoms with van der Waals surface area (Å²) in [5.74, 6) is 0.798.